The van der Waals surface area contributed by atoms with Crippen LogP contribution in [0.15, 0.2) is 29.1 Å². The molecular weight excluding hydrogens is 384 g/mol. The molecule has 1 amide bonds. The number of anilines is 1. The fraction of sp³-hybridized carbons (Fsp3) is 0.353. The zero-order valence-electron chi connectivity index (χ0n) is 15.4. The minimum Gasteiger partial charge on any atom is -0.406 e. The number of alkyl halides is 3. The average molecular weight is 402 g/mol. The third kappa shape index (κ3) is 5.21. The summed E-state index contributed by atoms with van der Waals surface area (Å²) >= 11 is 0. The van der Waals surface area contributed by atoms with E-state index < -0.39 is 34.9 Å². The van der Waals surface area contributed by atoms with Gasteiger partial charge in [0.2, 0.25) is 5.95 Å². The number of nitrogens with zero attached hydrogens (tertiary/aromatic N) is 2. The Bertz CT molecular complexity index is 939. The molecule has 0 saturated heterocycles. The van der Waals surface area contributed by atoms with Gasteiger partial charge >= 0.3 is 6.36 Å². The van der Waals surface area contributed by atoms with Crippen LogP contribution < -0.4 is 20.5 Å². The van der Waals surface area contributed by atoms with Gasteiger partial charge in [-0.2, -0.15) is 0 Å². The molecule has 0 aliphatic carbocycles. The molecule has 0 saturated carbocycles. The minimum absolute atomic E-state index is 0.0759. The molecule has 2 rings (SSSR count). The van der Waals surface area contributed by atoms with E-state index in [2.05, 4.69) is 20.0 Å². The highest BCUT2D eigenvalue weighted by atomic mass is 19.4. The molecule has 0 aliphatic heterocycles. The van der Waals surface area contributed by atoms with Gasteiger partial charge in [-0.15, -0.1) is 13.2 Å². The zero-order valence-corrected chi connectivity index (χ0v) is 15.4. The van der Waals surface area contributed by atoms with Crippen LogP contribution in [0.3, 0.4) is 0 Å². The summed E-state index contributed by atoms with van der Waals surface area (Å²) in [5.41, 5.74) is -2.15. The summed E-state index contributed by atoms with van der Waals surface area (Å²) in [5, 5.41) is 2.51. The molecule has 1 heterocycles. The Morgan fingerprint density at radius 3 is 2.39 bits per heavy atom. The maximum absolute atomic E-state index is 14.3. The molecule has 2 aromatic rings. The van der Waals surface area contributed by atoms with E-state index >= 15 is 0 Å². The fourth-order valence-corrected chi connectivity index (χ4v) is 2.39. The predicted molar refractivity (Wildman–Crippen MR) is 92.8 cm³/mol. The molecule has 152 valence electrons. The highest BCUT2D eigenvalue weighted by Gasteiger charge is 2.32. The van der Waals surface area contributed by atoms with Crippen molar-refractivity contribution in [1.82, 2.24) is 15.3 Å². The lowest BCUT2D eigenvalue weighted by Crippen LogP contribution is -2.42. The van der Waals surface area contributed by atoms with Crippen LogP contribution in [0, 0.1) is 5.82 Å². The predicted octanol–water partition coefficient (Wildman–Crippen LogP) is 2.54. The number of aromatic nitrogens is 2. The van der Waals surface area contributed by atoms with Gasteiger partial charge in [0.1, 0.15) is 17.3 Å². The molecule has 2 N–H and O–H groups in total. The standard InChI is InChI=1S/C17H18F4N4O3/c1-16(2,10-6-5-9(7-11(10)18)28-17(19,20)21)24-14(27)12-8-13(26)23-15(22-12)25(3)4/h5-8H,1-4H3,(H,24,27)(H,22,23,26). The van der Waals surface area contributed by atoms with E-state index in [4.69, 9.17) is 0 Å². The molecule has 7 nitrogen and oxygen atoms in total. The normalized spacial score (nSPS) is 11.9. The topological polar surface area (TPSA) is 87.3 Å². The number of aromatic amines is 1. The number of hydrogen-bond acceptors (Lipinski definition) is 5. The number of H-pyrrole nitrogens is 1. The van der Waals surface area contributed by atoms with Crippen LogP contribution >= 0.6 is 0 Å². The summed E-state index contributed by atoms with van der Waals surface area (Å²) in [6.45, 7) is 2.90. The van der Waals surface area contributed by atoms with Crippen LogP contribution in [-0.2, 0) is 5.54 Å². The Kier molecular flexibility index (Phi) is 5.67. The van der Waals surface area contributed by atoms with Gasteiger partial charge in [0.25, 0.3) is 11.5 Å². The van der Waals surface area contributed by atoms with E-state index in [1.165, 1.54) is 18.7 Å². The molecule has 11 heteroatoms. The highest BCUT2D eigenvalue weighted by molar-refractivity contribution is 5.93. The number of amides is 1. The Morgan fingerprint density at radius 2 is 1.86 bits per heavy atom. The van der Waals surface area contributed by atoms with Crippen LogP contribution in [0.4, 0.5) is 23.5 Å². The first-order chi connectivity index (χ1) is 12.8. The Hall–Kier alpha value is -3.11. The first-order valence-corrected chi connectivity index (χ1v) is 7.95. The van der Waals surface area contributed by atoms with Crippen molar-refractivity contribution in [2.24, 2.45) is 0 Å². The highest BCUT2D eigenvalue weighted by Crippen LogP contribution is 2.29. The lowest BCUT2D eigenvalue weighted by Gasteiger charge is -2.27. The SMILES string of the molecule is CN(C)c1nc(C(=O)NC(C)(C)c2ccc(OC(F)(F)F)cc2F)cc(=O)[nH]1. The molecular formula is C17H18F4N4O3. The number of ether oxygens (including phenoxy) is 1. The van der Waals surface area contributed by atoms with E-state index in [1.54, 1.807) is 14.1 Å². The molecule has 0 bridgehead atoms. The van der Waals surface area contributed by atoms with Crippen LogP contribution in [0.25, 0.3) is 0 Å². The van der Waals surface area contributed by atoms with Crippen LogP contribution in [0.5, 0.6) is 5.75 Å². The molecule has 0 fully saturated rings. The number of nitrogens with one attached hydrogen (secondary N) is 2. The van der Waals surface area contributed by atoms with Crippen molar-refractivity contribution < 1.29 is 27.1 Å². The first kappa shape index (κ1) is 21.2. The number of carbonyl (C=O) groups excluding carboxylic acids is 1. The second-order valence-corrected chi connectivity index (χ2v) is 6.62. The Balaban J connectivity index is 2.28. The quantitative estimate of drug-likeness (QED) is 0.751. The molecule has 1 aromatic heterocycles. The van der Waals surface area contributed by atoms with E-state index in [0.717, 1.165) is 18.2 Å². The van der Waals surface area contributed by atoms with Gasteiger partial charge in [-0.3, -0.25) is 14.6 Å². The smallest absolute Gasteiger partial charge is 0.406 e. The monoisotopic (exact) mass is 402 g/mol. The Morgan fingerprint density at radius 1 is 1.21 bits per heavy atom. The molecule has 28 heavy (non-hydrogen) atoms. The van der Waals surface area contributed by atoms with Crippen molar-refractivity contribution in [1.29, 1.82) is 0 Å². The number of rotatable bonds is 5. The minimum atomic E-state index is -4.95. The van der Waals surface area contributed by atoms with Gasteiger partial charge in [-0.25, -0.2) is 9.37 Å². The summed E-state index contributed by atoms with van der Waals surface area (Å²) in [4.78, 5) is 32.1. The van der Waals surface area contributed by atoms with E-state index in [9.17, 15) is 27.2 Å². The second kappa shape index (κ2) is 7.49. The van der Waals surface area contributed by atoms with Crippen molar-refractivity contribution in [3.63, 3.8) is 0 Å². The number of benzene rings is 1. The second-order valence-electron chi connectivity index (χ2n) is 6.62. The van der Waals surface area contributed by atoms with Gasteiger partial charge in [-0.05, 0) is 19.9 Å². The molecule has 0 unspecified atom stereocenters. The summed E-state index contributed by atoms with van der Waals surface area (Å²) < 4.78 is 54.7. The third-order valence-electron chi connectivity index (χ3n) is 3.66. The van der Waals surface area contributed by atoms with Crippen LogP contribution in [-0.4, -0.2) is 36.3 Å². The van der Waals surface area contributed by atoms with E-state index in [0.29, 0.717) is 6.07 Å². The molecule has 0 spiro atoms. The lowest BCUT2D eigenvalue weighted by molar-refractivity contribution is -0.274. The fourth-order valence-electron chi connectivity index (χ4n) is 2.39. The van der Waals surface area contributed by atoms with Crippen molar-refractivity contribution in [3.05, 3.63) is 51.7 Å². The summed E-state index contributed by atoms with van der Waals surface area (Å²) in [7, 11) is 3.23. The van der Waals surface area contributed by atoms with E-state index in [1.807, 2.05) is 0 Å². The summed E-state index contributed by atoms with van der Waals surface area (Å²) in [5.74, 6) is -2.33. The lowest BCUT2D eigenvalue weighted by atomic mass is 9.93. The van der Waals surface area contributed by atoms with E-state index in [-0.39, 0.29) is 17.2 Å². The first-order valence-electron chi connectivity index (χ1n) is 7.95. The largest absolute Gasteiger partial charge is 0.573 e. The molecule has 0 radical (unpaired) electrons. The van der Waals surface area contributed by atoms with Gasteiger partial charge in [0.05, 0.1) is 5.54 Å². The van der Waals surface area contributed by atoms with Crippen LogP contribution in [0.2, 0.25) is 0 Å². The van der Waals surface area contributed by atoms with Gasteiger partial charge in [0, 0.05) is 31.8 Å². The Labute approximate surface area is 157 Å². The van der Waals surface area contributed by atoms with Crippen molar-refractivity contribution in [2.45, 2.75) is 25.7 Å². The van der Waals surface area contributed by atoms with Gasteiger partial charge in [0.15, 0.2) is 0 Å². The number of halogens is 4. The summed E-state index contributed by atoms with van der Waals surface area (Å²) in [6, 6.07) is 3.57. The maximum atomic E-state index is 14.3. The van der Waals surface area contributed by atoms with Crippen molar-refractivity contribution >= 4 is 11.9 Å². The molecule has 0 aliphatic rings. The zero-order chi connectivity index (χ0) is 21.3. The third-order valence-corrected chi connectivity index (χ3v) is 3.66. The summed E-state index contributed by atoms with van der Waals surface area (Å²) in [6.07, 6.45) is -4.95. The number of hydrogen-bond donors (Lipinski definition) is 2. The van der Waals surface area contributed by atoms with Crippen LogP contribution in [0.1, 0.15) is 29.9 Å². The van der Waals surface area contributed by atoms with Gasteiger partial charge in [-0.1, -0.05) is 6.07 Å². The molecule has 0 atom stereocenters. The number of carbonyl (C=O) groups is 1. The van der Waals surface area contributed by atoms with Gasteiger partial charge < -0.3 is 15.0 Å². The maximum Gasteiger partial charge on any atom is 0.573 e. The van der Waals surface area contributed by atoms with Crippen molar-refractivity contribution in [2.75, 3.05) is 19.0 Å². The molecule has 1 aromatic carbocycles. The average Bonchev–Trinajstić information content (AvgIpc) is 2.51. The van der Waals surface area contributed by atoms with Crippen molar-refractivity contribution in [3.8, 4) is 5.75 Å².